The Kier molecular flexibility index (Phi) is 22.8. The quantitative estimate of drug-likeness (QED) is 0.426. The average molecular weight is 266 g/mol. The van der Waals surface area contributed by atoms with Gasteiger partial charge in [-0.05, 0) is 39.5 Å². The maximum absolute atomic E-state index is 6.71. The lowest BCUT2D eigenvalue weighted by atomic mass is 10.4. The first-order valence-corrected chi connectivity index (χ1v) is 7.97. The van der Waals surface area contributed by atoms with E-state index < -0.39 is 0 Å². The molecular weight excluding hydrogens is 242 g/mol. The Labute approximate surface area is 108 Å². The molecule has 0 heterocycles. The molecule has 1 N–H and O–H groups in total. The molecule has 0 spiro atoms. The molecule has 0 saturated heterocycles. The average Bonchev–Trinajstić information content (AvgIpc) is 2.16. The van der Waals surface area contributed by atoms with Gasteiger partial charge < -0.3 is 0 Å². The van der Waals surface area contributed by atoms with E-state index in [1.807, 2.05) is 32.6 Å². The Bertz CT molecular complexity index is 178. The molecule has 0 aromatic heterocycles. The Balaban J connectivity index is -0.000000147. The molecule has 0 fully saturated rings. The standard InChI is InChI=1S/C4H8S2.C4H8.C3H7NS/c1-4(5-2)6-3;1-4(2)3;1-3(4)5-2/h1H2,2-3H3;1H2,2-3H3;4H,1-2H3. The molecule has 4 heteroatoms. The predicted octanol–water partition coefficient (Wildman–Crippen LogP) is 5.11. The van der Waals surface area contributed by atoms with Gasteiger partial charge in [0.2, 0.25) is 0 Å². The number of hydrogen-bond acceptors (Lipinski definition) is 4. The molecule has 0 radical (unpaired) electrons. The number of thioether (sulfide) groups is 3. The smallest absolute Gasteiger partial charge is 0.0607 e. The van der Waals surface area contributed by atoms with Gasteiger partial charge in [0.05, 0.1) is 5.04 Å². The van der Waals surface area contributed by atoms with Gasteiger partial charge in [-0.25, -0.2) is 0 Å². The van der Waals surface area contributed by atoms with E-state index in [1.54, 1.807) is 30.4 Å². The minimum Gasteiger partial charge on any atom is -0.299 e. The van der Waals surface area contributed by atoms with Crippen LogP contribution >= 0.6 is 35.3 Å². The van der Waals surface area contributed by atoms with Crippen LogP contribution in [0.3, 0.4) is 0 Å². The molecule has 0 saturated carbocycles. The van der Waals surface area contributed by atoms with E-state index in [2.05, 4.69) is 13.2 Å². The van der Waals surface area contributed by atoms with Gasteiger partial charge in [-0.2, -0.15) is 0 Å². The highest BCUT2D eigenvalue weighted by Crippen LogP contribution is 2.19. The van der Waals surface area contributed by atoms with Crippen LogP contribution in [0.15, 0.2) is 23.0 Å². The summed E-state index contributed by atoms with van der Waals surface area (Å²) in [7, 11) is 0. The van der Waals surface area contributed by atoms with E-state index in [1.165, 1.54) is 21.6 Å². The van der Waals surface area contributed by atoms with E-state index in [0.29, 0.717) is 5.04 Å². The van der Waals surface area contributed by atoms with Gasteiger partial charge in [-0.3, -0.25) is 5.41 Å². The summed E-state index contributed by atoms with van der Waals surface area (Å²) in [5.74, 6) is 0. The van der Waals surface area contributed by atoms with Crippen molar-refractivity contribution >= 4 is 40.3 Å². The van der Waals surface area contributed by atoms with Crippen molar-refractivity contribution in [3.63, 3.8) is 0 Å². The molecule has 0 atom stereocenters. The fourth-order valence-corrected chi connectivity index (χ4v) is 0.750. The highest BCUT2D eigenvalue weighted by Gasteiger charge is 1.79. The van der Waals surface area contributed by atoms with Gasteiger partial charge in [-0.15, -0.1) is 41.9 Å². The fourth-order valence-electron chi connectivity index (χ4n) is 0.0833. The van der Waals surface area contributed by atoms with Crippen molar-refractivity contribution in [3.05, 3.63) is 23.0 Å². The first-order chi connectivity index (χ1) is 6.81. The molecular formula is C11H23NS3. The number of rotatable bonds is 2. The van der Waals surface area contributed by atoms with Crippen LogP contribution in [0.1, 0.15) is 20.8 Å². The monoisotopic (exact) mass is 265 g/mol. The minimum absolute atomic E-state index is 0.671. The fraction of sp³-hybridized carbons (Fsp3) is 0.545. The summed E-state index contributed by atoms with van der Waals surface area (Å²) in [6.07, 6.45) is 5.94. The summed E-state index contributed by atoms with van der Waals surface area (Å²) in [6, 6.07) is 0. The van der Waals surface area contributed by atoms with E-state index in [4.69, 9.17) is 5.41 Å². The normalized spacial score (nSPS) is 7.60. The zero-order valence-electron chi connectivity index (χ0n) is 10.6. The van der Waals surface area contributed by atoms with Gasteiger partial charge in [0.25, 0.3) is 0 Å². The summed E-state index contributed by atoms with van der Waals surface area (Å²) in [5, 5.41) is 7.38. The van der Waals surface area contributed by atoms with Crippen LogP contribution in [0, 0.1) is 5.41 Å². The first kappa shape index (κ1) is 20.6. The Hall–Kier alpha value is 0.200. The molecule has 0 amide bonds. The van der Waals surface area contributed by atoms with Crippen molar-refractivity contribution in [1.29, 1.82) is 5.41 Å². The highest BCUT2D eigenvalue weighted by molar-refractivity contribution is 8.21. The van der Waals surface area contributed by atoms with E-state index in [0.717, 1.165) is 0 Å². The molecule has 0 aromatic carbocycles. The van der Waals surface area contributed by atoms with Crippen molar-refractivity contribution in [3.8, 4) is 0 Å². The third-order valence-corrected chi connectivity index (χ3v) is 3.28. The third-order valence-electron chi connectivity index (χ3n) is 0.762. The lowest BCUT2D eigenvalue weighted by Gasteiger charge is -1.88. The van der Waals surface area contributed by atoms with E-state index >= 15 is 0 Å². The molecule has 0 aromatic rings. The molecule has 0 aliphatic heterocycles. The number of nitrogens with one attached hydrogen (secondary N) is 1. The first-order valence-electron chi connectivity index (χ1n) is 4.29. The molecule has 0 rings (SSSR count). The lowest BCUT2D eigenvalue weighted by molar-refractivity contribution is 1.42. The third kappa shape index (κ3) is 55.0. The summed E-state index contributed by atoms with van der Waals surface area (Å²) in [5.41, 5.74) is 1.17. The molecule has 0 bridgehead atoms. The van der Waals surface area contributed by atoms with E-state index in [9.17, 15) is 0 Å². The van der Waals surface area contributed by atoms with Crippen molar-refractivity contribution in [2.45, 2.75) is 20.8 Å². The molecule has 0 aliphatic rings. The second-order valence-corrected chi connectivity index (χ2v) is 5.83. The topological polar surface area (TPSA) is 23.9 Å². The van der Waals surface area contributed by atoms with Crippen molar-refractivity contribution in [1.82, 2.24) is 0 Å². The second-order valence-electron chi connectivity index (χ2n) is 2.75. The van der Waals surface area contributed by atoms with Gasteiger partial charge in [0, 0.05) is 4.24 Å². The van der Waals surface area contributed by atoms with Crippen LogP contribution in [0.25, 0.3) is 0 Å². The number of allylic oxidation sites excluding steroid dienone is 1. The van der Waals surface area contributed by atoms with Gasteiger partial charge in [0.15, 0.2) is 0 Å². The van der Waals surface area contributed by atoms with Gasteiger partial charge in [0.1, 0.15) is 0 Å². The predicted molar refractivity (Wildman–Crippen MR) is 83.6 cm³/mol. The largest absolute Gasteiger partial charge is 0.299 e. The van der Waals surface area contributed by atoms with Crippen LogP contribution in [-0.2, 0) is 0 Å². The summed E-state index contributed by atoms with van der Waals surface area (Å²) < 4.78 is 1.18. The minimum atomic E-state index is 0.671. The Morgan fingerprint density at radius 3 is 1.07 bits per heavy atom. The van der Waals surface area contributed by atoms with Crippen LogP contribution in [-0.4, -0.2) is 23.8 Å². The molecule has 0 aliphatic carbocycles. The molecule has 15 heavy (non-hydrogen) atoms. The van der Waals surface area contributed by atoms with Crippen LogP contribution in [0.5, 0.6) is 0 Å². The highest BCUT2D eigenvalue weighted by atomic mass is 32.2. The van der Waals surface area contributed by atoms with Crippen LogP contribution in [0.4, 0.5) is 0 Å². The molecule has 0 unspecified atom stereocenters. The van der Waals surface area contributed by atoms with Crippen molar-refractivity contribution in [2.24, 2.45) is 0 Å². The van der Waals surface area contributed by atoms with Gasteiger partial charge >= 0.3 is 0 Å². The zero-order chi connectivity index (χ0) is 12.9. The van der Waals surface area contributed by atoms with Crippen LogP contribution < -0.4 is 0 Å². The van der Waals surface area contributed by atoms with Crippen molar-refractivity contribution < 1.29 is 0 Å². The second kappa shape index (κ2) is 16.6. The summed E-state index contributed by atoms with van der Waals surface area (Å²) in [4.78, 5) is 0. The van der Waals surface area contributed by atoms with Crippen molar-refractivity contribution in [2.75, 3.05) is 18.8 Å². The lowest BCUT2D eigenvalue weighted by Crippen LogP contribution is -1.70. The summed E-state index contributed by atoms with van der Waals surface area (Å²) >= 11 is 4.85. The maximum atomic E-state index is 6.71. The Morgan fingerprint density at radius 2 is 1.07 bits per heavy atom. The Morgan fingerprint density at radius 1 is 0.867 bits per heavy atom. The summed E-state index contributed by atoms with van der Waals surface area (Å²) in [6.45, 7) is 13.0. The maximum Gasteiger partial charge on any atom is 0.0607 e. The molecule has 1 nitrogen and oxygen atoms in total. The number of hydrogen-bond donors (Lipinski definition) is 1. The SMILES string of the molecule is C=C(C)C.C=C(SC)SC.CSC(C)=N. The molecule has 90 valence electrons. The van der Waals surface area contributed by atoms with E-state index in [-0.39, 0.29) is 0 Å². The van der Waals surface area contributed by atoms with Gasteiger partial charge in [-0.1, -0.05) is 12.2 Å². The zero-order valence-corrected chi connectivity index (χ0v) is 13.1. The van der Waals surface area contributed by atoms with Crippen LogP contribution in [0.2, 0.25) is 0 Å².